The summed E-state index contributed by atoms with van der Waals surface area (Å²) >= 11 is 0. The van der Waals surface area contributed by atoms with Crippen LogP contribution < -0.4 is 4.90 Å². The lowest BCUT2D eigenvalue weighted by atomic mass is 10.1. The first-order valence-corrected chi connectivity index (χ1v) is 7.23. The summed E-state index contributed by atoms with van der Waals surface area (Å²) in [7, 11) is 0. The maximum Gasteiger partial charge on any atom is 0.0366 e. The van der Waals surface area contributed by atoms with Gasteiger partial charge in [0.15, 0.2) is 0 Å². The van der Waals surface area contributed by atoms with Crippen LogP contribution in [0.3, 0.4) is 0 Å². The monoisotopic (exact) mass is 267 g/mol. The molecule has 1 rings (SSSR count). The van der Waals surface area contributed by atoms with Crippen molar-refractivity contribution in [2.24, 2.45) is 0 Å². The molecule has 0 aliphatic heterocycles. The van der Waals surface area contributed by atoms with E-state index in [-0.39, 0.29) is 0 Å². The third-order valence-electron chi connectivity index (χ3n) is 3.16. The van der Waals surface area contributed by atoms with Crippen LogP contribution in [0.25, 0.3) is 6.08 Å². The Balaban J connectivity index is 2.83. The number of rotatable bonds is 7. The van der Waals surface area contributed by atoms with Crippen molar-refractivity contribution in [2.75, 3.05) is 18.0 Å². The molecule has 0 aliphatic rings. The summed E-state index contributed by atoms with van der Waals surface area (Å²) < 4.78 is 0. The second kappa shape index (κ2) is 8.98. The molecule has 1 nitrogen and oxygen atoms in total. The minimum absolute atomic E-state index is 1.04. The largest absolute Gasteiger partial charge is 0.372 e. The number of nitrogens with zero attached hydrogens (tertiary/aromatic N) is 1. The third kappa shape index (κ3) is 4.93. The Bertz CT molecular complexity index is 485. The Morgan fingerprint density at radius 3 is 2.25 bits per heavy atom. The second-order valence-corrected chi connectivity index (χ2v) is 4.50. The van der Waals surface area contributed by atoms with Gasteiger partial charge in [0.05, 0.1) is 0 Å². The van der Waals surface area contributed by atoms with Crippen molar-refractivity contribution < 1.29 is 0 Å². The van der Waals surface area contributed by atoms with Gasteiger partial charge < -0.3 is 4.90 Å². The fraction of sp³-hybridized carbons (Fsp3) is 0.263. The van der Waals surface area contributed by atoms with E-state index >= 15 is 0 Å². The van der Waals surface area contributed by atoms with E-state index < -0.39 is 0 Å². The van der Waals surface area contributed by atoms with E-state index in [0.717, 1.165) is 18.7 Å². The van der Waals surface area contributed by atoms with Crippen LogP contribution in [-0.2, 0) is 0 Å². The molecule has 0 unspecified atom stereocenters. The number of hydrogen-bond acceptors (Lipinski definition) is 1. The van der Waals surface area contributed by atoms with Gasteiger partial charge in [0.2, 0.25) is 0 Å². The predicted molar refractivity (Wildman–Crippen MR) is 92.1 cm³/mol. The second-order valence-electron chi connectivity index (χ2n) is 4.50. The Kier molecular flexibility index (Phi) is 7.20. The van der Waals surface area contributed by atoms with Crippen LogP contribution in [0.15, 0.2) is 66.8 Å². The van der Waals surface area contributed by atoms with E-state index in [1.54, 1.807) is 0 Å². The van der Waals surface area contributed by atoms with Crippen LogP contribution in [0, 0.1) is 0 Å². The number of allylic oxidation sites excluding steroid dienone is 6. The molecule has 0 atom stereocenters. The lowest BCUT2D eigenvalue weighted by Crippen LogP contribution is -2.21. The summed E-state index contributed by atoms with van der Waals surface area (Å²) in [5, 5.41) is 0. The molecular formula is C19H25N. The summed E-state index contributed by atoms with van der Waals surface area (Å²) in [6.45, 7) is 12.2. The molecule has 1 heteroatoms. The van der Waals surface area contributed by atoms with Gasteiger partial charge in [-0.15, -0.1) is 0 Å². The highest BCUT2D eigenvalue weighted by Crippen LogP contribution is 2.16. The van der Waals surface area contributed by atoms with Gasteiger partial charge in [-0.1, -0.05) is 55.2 Å². The van der Waals surface area contributed by atoms with Gasteiger partial charge in [0, 0.05) is 18.8 Å². The van der Waals surface area contributed by atoms with Gasteiger partial charge in [-0.05, 0) is 44.0 Å². The SMILES string of the molecule is C=C/C=C(\C=C/C)/C=C/c1ccc(N(CC)CC)cc1. The highest BCUT2D eigenvalue weighted by atomic mass is 15.1. The average molecular weight is 267 g/mol. The van der Waals surface area contributed by atoms with Crippen molar-refractivity contribution in [3.63, 3.8) is 0 Å². The number of anilines is 1. The summed E-state index contributed by atoms with van der Waals surface area (Å²) in [6, 6.07) is 8.68. The normalized spacial score (nSPS) is 12.2. The van der Waals surface area contributed by atoms with E-state index in [2.05, 4.69) is 67.8 Å². The quantitative estimate of drug-likeness (QED) is 0.611. The molecule has 0 N–H and O–H groups in total. The van der Waals surface area contributed by atoms with E-state index in [4.69, 9.17) is 0 Å². The maximum absolute atomic E-state index is 3.74. The zero-order chi connectivity index (χ0) is 14.8. The van der Waals surface area contributed by atoms with Crippen molar-refractivity contribution in [1.29, 1.82) is 0 Å². The fourth-order valence-electron chi connectivity index (χ4n) is 2.07. The van der Waals surface area contributed by atoms with Gasteiger partial charge >= 0.3 is 0 Å². The Morgan fingerprint density at radius 1 is 1.10 bits per heavy atom. The van der Waals surface area contributed by atoms with Gasteiger partial charge in [0.25, 0.3) is 0 Å². The summed E-state index contributed by atoms with van der Waals surface area (Å²) in [5.41, 5.74) is 3.64. The van der Waals surface area contributed by atoms with E-state index in [0.29, 0.717) is 0 Å². The topological polar surface area (TPSA) is 3.24 Å². The molecule has 0 aromatic heterocycles. The first kappa shape index (κ1) is 16.0. The maximum atomic E-state index is 3.74. The summed E-state index contributed by atoms with van der Waals surface area (Å²) in [5.74, 6) is 0. The molecule has 0 spiro atoms. The lowest BCUT2D eigenvalue weighted by molar-refractivity contribution is 0.866. The van der Waals surface area contributed by atoms with Crippen molar-refractivity contribution in [1.82, 2.24) is 0 Å². The molecule has 0 heterocycles. The molecule has 106 valence electrons. The molecule has 0 radical (unpaired) electrons. The predicted octanol–water partition coefficient (Wildman–Crippen LogP) is 5.23. The average Bonchev–Trinajstić information content (AvgIpc) is 2.48. The zero-order valence-electron chi connectivity index (χ0n) is 12.8. The minimum Gasteiger partial charge on any atom is -0.372 e. The highest BCUT2D eigenvalue weighted by Gasteiger charge is 1.99. The number of benzene rings is 1. The van der Waals surface area contributed by atoms with E-state index in [9.17, 15) is 0 Å². The molecule has 0 saturated heterocycles. The van der Waals surface area contributed by atoms with Gasteiger partial charge in [-0.3, -0.25) is 0 Å². The van der Waals surface area contributed by atoms with Gasteiger partial charge in [-0.2, -0.15) is 0 Å². The van der Waals surface area contributed by atoms with Crippen LogP contribution in [0.2, 0.25) is 0 Å². The Morgan fingerprint density at radius 2 is 1.75 bits per heavy atom. The van der Waals surface area contributed by atoms with Crippen molar-refractivity contribution in [3.8, 4) is 0 Å². The molecular weight excluding hydrogens is 242 g/mol. The highest BCUT2D eigenvalue weighted by molar-refractivity contribution is 5.59. The summed E-state index contributed by atoms with van der Waals surface area (Å²) in [6.07, 6.45) is 12.1. The van der Waals surface area contributed by atoms with Gasteiger partial charge in [0.1, 0.15) is 0 Å². The zero-order valence-corrected chi connectivity index (χ0v) is 12.8. The molecule has 1 aromatic rings. The number of hydrogen-bond donors (Lipinski definition) is 0. The van der Waals surface area contributed by atoms with Crippen LogP contribution in [0.1, 0.15) is 26.3 Å². The van der Waals surface area contributed by atoms with Crippen LogP contribution in [0.5, 0.6) is 0 Å². The molecule has 0 bridgehead atoms. The molecule has 0 aliphatic carbocycles. The molecule has 1 aromatic carbocycles. The third-order valence-corrected chi connectivity index (χ3v) is 3.16. The minimum atomic E-state index is 1.04. The first-order valence-electron chi connectivity index (χ1n) is 7.23. The first-order chi connectivity index (χ1) is 9.74. The van der Waals surface area contributed by atoms with E-state index in [1.807, 2.05) is 25.2 Å². The van der Waals surface area contributed by atoms with Crippen molar-refractivity contribution in [2.45, 2.75) is 20.8 Å². The Labute approximate surface area is 123 Å². The molecule has 0 fully saturated rings. The molecule has 0 amide bonds. The molecule has 0 saturated carbocycles. The summed E-state index contributed by atoms with van der Waals surface area (Å²) in [4.78, 5) is 2.34. The standard InChI is InChI=1S/C19H25N/c1-5-9-17(10-6-2)11-12-18-13-15-19(16-14-18)20(7-3)8-4/h5-6,9-16H,1,7-8H2,2-4H3/b10-6-,12-11+,17-9+. The van der Waals surface area contributed by atoms with Crippen molar-refractivity contribution >= 4 is 11.8 Å². The van der Waals surface area contributed by atoms with Crippen molar-refractivity contribution in [3.05, 3.63) is 72.4 Å². The van der Waals surface area contributed by atoms with Crippen LogP contribution >= 0.6 is 0 Å². The van der Waals surface area contributed by atoms with Crippen LogP contribution in [-0.4, -0.2) is 13.1 Å². The fourth-order valence-corrected chi connectivity index (χ4v) is 2.07. The smallest absolute Gasteiger partial charge is 0.0366 e. The Hall–Kier alpha value is -2.02. The molecule has 20 heavy (non-hydrogen) atoms. The van der Waals surface area contributed by atoms with Gasteiger partial charge in [-0.25, -0.2) is 0 Å². The van der Waals surface area contributed by atoms with Crippen LogP contribution in [0.4, 0.5) is 5.69 Å². The lowest BCUT2D eigenvalue weighted by Gasteiger charge is -2.20. The van der Waals surface area contributed by atoms with E-state index in [1.165, 1.54) is 11.3 Å².